The Kier molecular flexibility index (Phi) is 7.09. The Hall–Kier alpha value is -2.83. The fraction of sp³-hybridized carbons (Fsp3) is 0.621. The van der Waals surface area contributed by atoms with Gasteiger partial charge in [-0.1, -0.05) is 69.6 Å². The van der Waals surface area contributed by atoms with Gasteiger partial charge in [0.15, 0.2) is 0 Å². The van der Waals surface area contributed by atoms with Crippen LogP contribution in [0.3, 0.4) is 0 Å². The molecule has 0 bridgehead atoms. The summed E-state index contributed by atoms with van der Waals surface area (Å²) in [7, 11) is 0. The number of carbonyl (C=O) groups excluding carboxylic acids is 3. The van der Waals surface area contributed by atoms with E-state index in [1.165, 1.54) is 32.6 Å². The quantitative estimate of drug-likeness (QED) is 0.563. The second-order valence-corrected chi connectivity index (χ2v) is 11.3. The molecule has 2 fully saturated rings. The van der Waals surface area contributed by atoms with Gasteiger partial charge in [-0.05, 0) is 38.7 Å². The number of benzene rings is 1. The van der Waals surface area contributed by atoms with E-state index in [2.05, 4.69) is 10.6 Å². The van der Waals surface area contributed by atoms with Gasteiger partial charge in [0.1, 0.15) is 11.2 Å². The average molecular weight is 493 g/mol. The van der Waals surface area contributed by atoms with E-state index in [1.54, 1.807) is 0 Å². The number of hydrogen-bond acceptors (Lipinski definition) is 3. The third-order valence-corrected chi connectivity index (χ3v) is 8.56. The molecule has 1 aromatic carbocycles. The summed E-state index contributed by atoms with van der Waals surface area (Å²) in [6.07, 6.45) is 13.0. The van der Waals surface area contributed by atoms with Gasteiger partial charge in [0.25, 0.3) is 5.91 Å². The van der Waals surface area contributed by atoms with Crippen LogP contribution in [0.2, 0.25) is 0 Å². The zero-order chi connectivity index (χ0) is 25.3. The van der Waals surface area contributed by atoms with Gasteiger partial charge in [-0.25, -0.2) is 0 Å². The maximum atomic E-state index is 14.4. The molecule has 2 heterocycles. The Morgan fingerprint density at radius 1 is 0.917 bits per heavy atom. The smallest absolute Gasteiger partial charge is 0.273 e. The summed E-state index contributed by atoms with van der Waals surface area (Å²) in [5.41, 5.74) is 0.933. The van der Waals surface area contributed by atoms with Crippen molar-refractivity contribution in [1.82, 2.24) is 14.8 Å². The number of nitrogens with one attached hydrogen (secondary N) is 2. The van der Waals surface area contributed by atoms with Crippen LogP contribution in [0.15, 0.2) is 24.3 Å². The van der Waals surface area contributed by atoms with Crippen molar-refractivity contribution in [2.45, 2.75) is 115 Å². The lowest BCUT2D eigenvalue weighted by Crippen LogP contribution is -2.67. The van der Waals surface area contributed by atoms with Gasteiger partial charge in [0.2, 0.25) is 11.8 Å². The molecule has 0 saturated heterocycles. The summed E-state index contributed by atoms with van der Waals surface area (Å²) in [6, 6.07) is 7.96. The predicted octanol–water partition coefficient (Wildman–Crippen LogP) is 5.38. The maximum absolute atomic E-state index is 14.4. The van der Waals surface area contributed by atoms with Crippen LogP contribution in [0.25, 0.3) is 10.9 Å². The summed E-state index contributed by atoms with van der Waals surface area (Å²) >= 11 is 0. The molecule has 36 heavy (non-hydrogen) atoms. The van der Waals surface area contributed by atoms with Crippen LogP contribution in [0.5, 0.6) is 0 Å². The highest BCUT2D eigenvalue weighted by Gasteiger charge is 2.51. The van der Waals surface area contributed by atoms with Crippen molar-refractivity contribution in [2.24, 2.45) is 0 Å². The molecule has 2 aliphatic carbocycles. The highest BCUT2D eigenvalue weighted by Crippen LogP contribution is 2.41. The van der Waals surface area contributed by atoms with Crippen molar-refractivity contribution in [1.29, 1.82) is 0 Å². The van der Waals surface area contributed by atoms with Gasteiger partial charge in [-0.15, -0.1) is 0 Å². The van der Waals surface area contributed by atoms with E-state index in [0.717, 1.165) is 62.3 Å². The Balaban J connectivity index is 1.60. The van der Waals surface area contributed by atoms with Gasteiger partial charge < -0.3 is 20.1 Å². The second-order valence-electron chi connectivity index (χ2n) is 11.3. The molecule has 3 aliphatic rings. The third-order valence-electron chi connectivity index (χ3n) is 8.56. The summed E-state index contributed by atoms with van der Waals surface area (Å²) in [4.78, 5) is 42.6. The van der Waals surface area contributed by atoms with E-state index in [0.29, 0.717) is 17.9 Å². The van der Waals surface area contributed by atoms with Gasteiger partial charge in [-0.3, -0.25) is 14.4 Å². The fourth-order valence-electron chi connectivity index (χ4n) is 6.75. The topological polar surface area (TPSA) is 83.4 Å². The molecular weight excluding hydrogens is 452 g/mol. The first kappa shape index (κ1) is 24.8. The molecule has 1 aliphatic heterocycles. The van der Waals surface area contributed by atoms with Crippen molar-refractivity contribution < 1.29 is 14.4 Å². The minimum atomic E-state index is -0.999. The number of fused-ring (bicyclic) bond motifs is 3. The Labute approximate surface area is 214 Å². The molecule has 1 aromatic heterocycles. The highest BCUT2D eigenvalue weighted by molar-refractivity contribution is 6.14. The van der Waals surface area contributed by atoms with Crippen LogP contribution in [0, 0.1) is 0 Å². The number of rotatable bonds is 4. The van der Waals surface area contributed by atoms with E-state index < -0.39 is 5.54 Å². The van der Waals surface area contributed by atoms with Crippen molar-refractivity contribution in [3.63, 3.8) is 0 Å². The normalized spacial score (nSPS) is 24.2. The second kappa shape index (κ2) is 10.3. The monoisotopic (exact) mass is 492 g/mol. The van der Waals surface area contributed by atoms with Crippen molar-refractivity contribution >= 4 is 34.3 Å². The van der Waals surface area contributed by atoms with E-state index in [9.17, 15) is 14.4 Å². The first-order valence-corrected chi connectivity index (χ1v) is 13.9. The number of anilines is 1. The number of nitrogens with zero attached hydrogens (tertiary/aromatic N) is 2. The van der Waals surface area contributed by atoms with Crippen molar-refractivity contribution in [3.05, 3.63) is 30.0 Å². The molecule has 0 unspecified atom stereocenters. The number of hydrogen-bond donors (Lipinski definition) is 2. The number of para-hydroxylation sites is 1. The number of amides is 3. The van der Waals surface area contributed by atoms with Crippen LogP contribution in [-0.4, -0.2) is 44.8 Å². The molecule has 194 valence electrons. The van der Waals surface area contributed by atoms with Crippen LogP contribution >= 0.6 is 0 Å². The Bertz CT molecular complexity index is 1140. The fourth-order valence-corrected chi connectivity index (χ4v) is 6.75. The summed E-state index contributed by atoms with van der Waals surface area (Å²) in [5, 5.41) is 7.16. The summed E-state index contributed by atoms with van der Waals surface area (Å²) in [5.74, 6) is -0.398. The van der Waals surface area contributed by atoms with Gasteiger partial charge in [-0.2, -0.15) is 0 Å². The lowest BCUT2D eigenvalue weighted by Gasteiger charge is -2.48. The van der Waals surface area contributed by atoms with Crippen LogP contribution < -0.4 is 10.6 Å². The summed E-state index contributed by atoms with van der Waals surface area (Å²) < 4.78 is 1.98. The molecular formula is C29H40N4O3. The van der Waals surface area contributed by atoms with Crippen molar-refractivity contribution in [3.8, 4) is 0 Å². The van der Waals surface area contributed by atoms with E-state index in [4.69, 9.17) is 0 Å². The molecule has 2 N–H and O–H groups in total. The SMILES string of the molecule is CC(=O)Nc1c2n(c3ccccc13)C[C@](C)(C(=O)NC1CCCCCC1)N(C1CCCCCC1)C2=O. The largest absolute Gasteiger partial charge is 0.351 e. The average Bonchev–Trinajstić information content (AvgIpc) is 3.11. The Morgan fingerprint density at radius 2 is 1.53 bits per heavy atom. The van der Waals surface area contributed by atoms with Gasteiger partial charge >= 0.3 is 0 Å². The van der Waals surface area contributed by atoms with E-state index in [-0.39, 0.29) is 29.8 Å². The van der Waals surface area contributed by atoms with Gasteiger partial charge in [0, 0.05) is 24.4 Å². The van der Waals surface area contributed by atoms with E-state index >= 15 is 0 Å². The molecule has 2 saturated carbocycles. The molecule has 0 spiro atoms. The van der Waals surface area contributed by atoms with E-state index in [1.807, 2.05) is 40.7 Å². The molecule has 7 nitrogen and oxygen atoms in total. The molecule has 2 aromatic rings. The lowest BCUT2D eigenvalue weighted by atomic mass is 9.89. The van der Waals surface area contributed by atoms with Crippen LogP contribution in [0.4, 0.5) is 5.69 Å². The molecule has 3 amide bonds. The highest BCUT2D eigenvalue weighted by atomic mass is 16.2. The molecule has 5 rings (SSSR count). The first-order valence-electron chi connectivity index (χ1n) is 13.9. The number of aromatic nitrogens is 1. The van der Waals surface area contributed by atoms with Gasteiger partial charge in [0.05, 0.1) is 17.7 Å². The summed E-state index contributed by atoms with van der Waals surface area (Å²) in [6.45, 7) is 3.81. The third kappa shape index (κ3) is 4.53. The van der Waals surface area contributed by atoms with Crippen LogP contribution in [-0.2, 0) is 16.1 Å². The standard InChI is InChI=1S/C29H40N4O3/c1-20(34)30-25-23-17-11-12-18-24(23)32-19-29(2,28(36)31-21-13-7-3-4-8-14-21)33(27(35)26(25)32)22-15-9-5-6-10-16-22/h11-12,17-18,21-22H,3-10,13-16,19H2,1-2H3,(H,30,34)(H,31,36)/t29-/m1/s1. The lowest BCUT2D eigenvalue weighted by molar-refractivity contribution is -0.135. The Morgan fingerprint density at radius 3 is 2.17 bits per heavy atom. The molecule has 0 radical (unpaired) electrons. The predicted molar refractivity (Wildman–Crippen MR) is 142 cm³/mol. The maximum Gasteiger partial charge on any atom is 0.273 e. The zero-order valence-corrected chi connectivity index (χ0v) is 21.8. The zero-order valence-electron chi connectivity index (χ0n) is 21.8. The molecule has 1 atom stereocenters. The number of carbonyl (C=O) groups is 3. The van der Waals surface area contributed by atoms with Crippen molar-refractivity contribution in [2.75, 3.05) is 5.32 Å². The van der Waals surface area contributed by atoms with Crippen LogP contribution in [0.1, 0.15) is 101 Å². The first-order chi connectivity index (χ1) is 17.4. The minimum Gasteiger partial charge on any atom is -0.351 e. The minimum absolute atomic E-state index is 0.0156. The molecule has 7 heteroatoms.